The van der Waals surface area contributed by atoms with Crippen LogP contribution in [0.3, 0.4) is 0 Å². The first kappa shape index (κ1) is 35.5. The summed E-state index contributed by atoms with van der Waals surface area (Å²) in [5, 5.41) is 7.55. The van der Waals surface area contributed by atoms with E-state index < -0.39 is 0 Å². The average Bonchev–Trinajstić information content (AvgIpc) is 3.26. The van der Waals surface area contributed by atoms with Gasteiger partial charge in [0.1, 0.15) is 0 Å². The Hall–Kier alpha value is -6.90. The molecule has 0 fully saturated rings. The summed E-state index contributed by atoms with van der Waals surface area (Å²) < 4.78 is 0. The number of anilines is 6. The third-order valence-corrected chi connectivity index (χ3v) is 12.2. The van der Waals surface area contributed by atoms with Gasteiger partial charge < -0.3 is 9.80 Å². The molecular weight excluding hydrogens is 701 g/mol. The Balaban J connectivity index is 1.19. The molecule has 2 heteroatoms. The van der Waals surface area contributed by atoms with Crippen molar-refractivity contribution in [3.8, 4) is 11.1 Å². The fourth-order valence-electron chi connectivity index (χ4n) is 9.23. The van der Waals surface area contributed by atoms with Gasteiger partial charge in [-0.15, -0.1) is 0 Å². The number of para-hydroxylation sites is 2. The van der Waals surface area contributed by atoms with Crippen LogP contribution in [-0.2, 0) is 0 Å². The minimum absolute atomic E-state index is 1.08. The number of nitrogens with zero attached hydrogens (tertiary/aromatic N) is 2. The first-order chi connectivity index (χ1) is 28.4. The molecule has 280 valence electrons. The van der Waals surface area contributed by atoms with E-state index in [9.17, 15) is 0 Å². The van der Waals surface area contributed by atoms with Crippen molar-refractivity contribution in [3.05, 3.63) is 210 Å². The van der Waals surface area contributed by atoms with Crippen molar-refractivity contribution in [3.63, 3.8) is 0 Å². The van der Waals surface area contributed by atoms with Gasteiger partial charge in [0, 0.05) is 33.5 Å². The summed E-state index contributed by atoms with van der Waals surface area (Å²) in [5.41, 5.74) is 17.2. The topological polar surface area (TPSA) is 6.48 Å². The Morgan fingerprint density at radius 1 is 0.379 bits per heavy atom. The van der Waals surface area contributed by atoms with Gasteiger partial charge in [0.25, 0.3) is 0 Å². The van der Waals surface area contributed by atoms with E-state index in [1.807, 2.05) is 0 Å². The highest BCUT2D eigenvalue weighted by Crippen LogP contribution is 2.49. The summed E-state index contributed by atoms with van der Waals surface area (Å²) in [6, 6.07) is 60.8. The number of allylic oxidation sites excluding steroid dienone is 4. The van der Waals surface area contributed by atoms with Gasteiger partial charge in [-0.05, 0) is 155 Å². The minimum atomic E-state index is 1.08. The fraction of sp³-hybridized carbons (Fsp3) is 0.107. The molecule has 0 unspecified atom stereocenters. The Morgan fingerprint density at radius 2 is 0.845 bits per heavy atom. The van der Waals surface area contributed by atoms with Crippen molar-refractivity contribution in [1.82, 2.24) is 0 Å². The zero-order chi connectivity index (χ0) is 39.3. The molecule has 0 N–H and O–H groups in total. The number of rotatable bonds is 8. The third-order valence-electron chi connectivity index (χ3n) is 12.2. The minimum Gasteiger partial charge on any atom is -0.309 e. The van der Waals surface area contributed by atoms with Crippen LogP contribution >= 0.6 is 0 Å². The molecule has 10 rings (SSSR count). The van der Waals surface area contributed by atoms with E-state index in [1.54, 1.807) is 0 Å². The van der Waals surface area contributed by atoms with Gasteiger partial charge in [0.05, 0.1) is 11.4 Å². The molecular formula is C56H46N2. The monoisotopic (exact) mass is 746 g/mol. The Bertz CT molecular complexity index is 3060. The second-order valence-electron chi connectivity index (χ2n) is 15.9. The van der Waals surface area contributed by atoms with E-state index in [1.165, 1.54) is 111 Å². The molecule has 2 nitrogen and oxygen atoms in total. The lowest BCUT2D eigenvalue weighted by atomic mass is 9.91. The van der Waals surface area contributed by atoms with Crippen LogP contribution in [0.1, 0.15) is 40.7 Å². The van der Waals surface area contributed by atoms with E-state index >= 15 is 0 Å². The molecule has 0 radical (unpaired) electrons. The van der Waals surface area contributed by atoms with Gasteiger partial charge in [0.15, 0.2) is 0 Å². The Labute approximate surface area is 342 Å². The average molecular weight is 747 g/mol. The Morgan fingerprint density at radius 3 is 1.36 bits per heavy atom. The predicted molar refractivity (Wildman–Crippen MR) is 250 cm³/mol. The van der Waals surface area contributed by atoms with Gasteiger partial charge in [-0.1, -0.05) is 133 Å². The van der Waals surface area contributed by atoms with E-state index in [0.717, 1.165) is 12.8 Å². The summed E-state index contributed by atoms with van der Waals surface area (Å²) >= 11 is 0. The van der Waals surface area contributed by atoms with Crippen molar-refractivity contribution in [2.75, 3.05) is 9.80 Å². The second-order valence-corrected chi connectivity index (χ2v) is 15.9. The molecule has 1 aliphatic carbocycles. The van der Waals surface area contributed by atoms with E-state index in [4.69, 9.17) is 0 Å². The summed E-state index contributed by atoms with van der Waals surface area (Å²) in [6.45, 7) is 8.95. The van der Waals surface area contributed by atoms with Crippen LogP contribution in [-0.4, -0.2) is 0 Å². The lowest BCUT2D eigenvalue weighted by Gasteiger charge is -2.32. The SMILES string of the molecule is Cc1ccccc1N(c1ccc(C2=CC=CCC2)cc1C)c1ccc2ccc3c(N(c4ccccc4C)c4ccc(-c5ccccc5)cc4C)ccc4ccc1c2c43. The first-order valence-corrected chi connectivity index (χ1v) is 20.5. The predicted octanol–water partition coefficient (Wildman–Crippen LogP) is 16.2. The molecule has 0 heterocycles. The molecule has 0 aliphatic heterocycles. The fourth-order valence-corrected chi connectivity index (χ4v) is 9.23. The number of benzene rings is 9. The molecule has 0 saturated carbocycles. The molecule has 9 aromatic carbocycles. The van der Waals surface area contributed by atoms with Crippen LogP contribution in [0.5, 0.6) is 0 Å². The highest BCUT2D eigenvalue weighted by atomic mass is 15.2. The largest absolute Gasteiger partial charge is 0.309 e. The van der Waals surface area contributed by atoms with Crippen molar-refractivity contribution in [1.29, 1.82) is 0 Å². The molecule has 0 bridgehead atoms. The number of hydrogen-bond acceptors (Lipinski definition) is 2. The van der Waals surface area contributed by atoms with E-state index in [-0.39, 0.29) is 0 Å². The zero-order valence-corrected chi connectivity index (χ0v) is 33.6. The van der Waals surface area contributed by atoms with Crippen molar-refractivity contribution >= 4 is 72.0 Å². The summed E-state index contributed by atoms with van der Waals surface area (Å²) in [7, 11) is 0. The van der Waals surface area contributed by atoms with Crippen molar-refractivity contribution in [2.24, 2.45) is 0 Å². The van der Waals surface area contributed by atoms with Gasteiger partial charge in [-0.3, -0.25) is 0 Å². The Kier molecular flexibility index (Phi) is 8.91. The van der Waals surface area contributed by atoms with Crippen LogP contribution < -0.4 is 9.80 Å². The molecule has 0 aromatic heterocycles. The van der Waals surface area contributed by atoms with Gasteiger partial charge in [-0.2, -0.15) is 0 Å². The summed E-state index contributed by atoms with van der Waals surface area (Å²) in [6.07, 6.45) is 8.89. The highest BCUT2D eigenvalue weighted by Gasteiger charge is 2.24. The second kappa shape index (κ2) is 14.6. The third kappa shape index (κ3) is 6.04. The smallest absolute Gasteiger partial charge is 0.0540 e. The number of hydrogen-bond donors (Lipinski definition) is 0. The lowest BCUT2D eigenvalue weighted by Crippen LogP contribution is -2.14. The standard InChI is InChI=1S/C56H46N2/c1-37-15-11-13-21-49(37)57(51-31-27-45(35-39(51)3)41-17-7-5-8-18-41)53-33-25-43-24-30-48-54(34-26-44-23-29-47(53)55(43)56(44)48)58(50-22-14-12-16-38(50)2)52-32-28-46(36-40(52)4)42-19-9-6-10-20-42/h5-9,11-19,21-36H,10,20H2,1-4H3. The van der Waals surface area contributed by atoms with Crippen molar-refractivity contribution < 1.29 is 0 Å². The van der Waals surface area contributed by atoms with E-state index in [2.05, 4.69) is 220 Å². The van der Waals surface area contributed by atoms with Gasteiger partial charge in [0.2, 0.25) is 0 Å². The molecule has 0 atom stereocenters. The molecule has 1 aliphatic rings. The van der Waals surface area contributed by atoms with Crippen LogP contribution in [0.2, 0.25) is 0 Å². The highest BCUT2D eigenvalue weighted by molar-refractivity contribution is 6.28. The molecule has 58 heavy (non-hydrogen) atoms. The molecule has 9 aromatic rings. The molecule has 0 amide bonds. The van der Waals surface area contributed by atoms with Gasteiger partial charge in [-0.25, -0.2) is 0 Å². The number of aryl methyl sites for hydroxylation is 4. The zero-order valence-electron chi connectivity index (χ0n) is 33.6. The van der Waals surface area contributed by atoms with Crippen LogP contribution in [0.15, 0.2) is 182 Å². The van der Waals surface area contributed by atoms with Crippen LogP contribution in [0.4, 0.5) is 34.1 Å². The lowest BCUT2D eigenvalue weighted by molar-refractivity contribution is 1.05. The van der Waals surface area contributed by atoms with Crippen LogP contribution in [0.25, 0.3) is 49.0 Å². The molecule has 0 spiro atoms. The normalized spacial score (nSPS) is 12.7. The summed E-state index contributed by atoms with van der Waals surface area (Å²) in [4.78, 5) is 4.97. The maximum absolute atomic E-state index is 2.49. The molecule has 0 saturated heterocycles. The maximum atomic E-state index is 2.49. The first-order valence-electron chi connectivity index (χ1n) is 20.5. The maximum Gasteiger partial charge on any atom is 0.0540 e. The quantitative estimate of drug-likeness (QED) is 0.143. The van der Waals surface area contributed by atoms with Gasteiger partial charge >= 0.3 is 0 Å². The summed E-state index contributed by atoms with van der Waals surface area (Å²) in [5.74, 6) is 0. The van der Waals surface area contributed by atoms with E-state index in [0.29, 0.717) is 0 Å². The van der Waals surface area contributed by atoms with Crippen molar-refractivity contribution in [2.45, 2.75) is 40.5 Å². The van der Waals surface area contributed by atoms with Crippen LogP contribution in [0, 0.1) is 27.7 Å².